The van der Waals surface area contributed by atoms with Gasteiger partial charge in [0.2, 0.25) is 5.91 Å². The quantitative estimate of drug-likeness (QED) is 0.615. The van der Waals surface area contributed by atoms with Gasteiger partial charge < -0.3 is 9.80 Å². The summed E-state index contributed by atoms with van der Waals surface area (Å²) in [6.45, 7) is 1.43. The van der Waals surface area contributed by atoms with Gasteiger partial charge in [0, 0.05) is 33.3 Å². The number of carbonyl (C=O) groups is 1. The summed E-state index contributed by atoms with van der Waals surface area (Å²) in [6, 6.07) is 3.08. The predicted molar refractivity (Wildman–Crippen MR) is 74.5 cm³/mol. The lowest BCUT2D eigenvalue weighted by Gasteiger charge is -2.33. The second kappa shape index (κ2) is 5.85. The highest BCUT2D eigenvalue weighted by atomic mass is 16.6. The van der Waals surface area contributed by atoms with Gasteiger partial charge >= 0.3 is 0 Å². The summed E-state index contributed by atoms with van der Waals surface area (Å²) in [5.41, 5.74) is -0.0216. The summed E-state index contributed by atoms with van der Waals surface area (Å²) >= 11 is 0. The number of carbonyl (C=O) groups excluding carboxylic acids is 1. The number of anilines is 1. The zero-order valence-corrected chi connectivity index (χ0v) is 11.7. The SMILES string of the molecule is CN(C)C(=O)C1CCCN(c2ccc([N+](=O)[O-])cn2)C1. The van der Waals surface area contributed by atoms with Crippen LogP contribution in [0.25, 0.3) is 0 Å². The van der Waals surface area contributed by atoms with Crippen molar-refractivity contribution < 1.29 is 9.72 Å². The lowest BCUT2D eigenvalue weighted by Crippen LogP contribution is -2.43. The van der Waals surface area contributed by atoms with Gasteiger partial charge in [0.05, 0.1) is 10.8 Å². The molecule has 1 unspecified atom stereocenters. The van der Waals surface area contributed by atoms with Crippen LogP contribution < -0.4 is 4.90 Å². The Bertz CT molecular complexity index is 501. The van der Waals surface area contributed by atoms with Crippen LogP contribution in [0.2, 0.25) is 0 Å². The lowest BCUT2D eigenvalue weighted by molar-refractivity contribution is -0.385. The summed E-state index contributed by atoms with van der Waals surface area (Å²) in [5, 5.41) is 10.6. The van der Waals surface area contributed by atoms with E-state index >= 15 is 0 Å². The highest BCUT2D eigenvalue weighted by Crippen LogP contribution is 2.23. The Morgan fingerprint density at radius 3 is 2.80 bits per heavy atom. The summed E-state index contributed by atoms with van der Waals surface area (Å²) in [7, 11) is 3.51. The average Bonchev–Trinajstić information content (AvgIpc) is 2.46. The molecule has 1 atom stereocenters. The van der Waals surface area contributed by atoms with Crippen LogP contribution in [0, 0.1) is 16.0 Å². The minimum Gasteiger partial charge on any atom is -0.356 e. The van der Waals surface area contributed by atoms with Gasteiger partial charge in [-0.15, -0.1) is 0 Å². The summed E-state index contributed by atoms with van der Waals surface area (Å²) < 4.78 is 0. The lowest BCUT2D eigenvalue weighted by atomic mass is 9.97. The van der Waals surface area contributed by atoms with Crippen molar-refractivity contribution in [1.82, 2.24) is 9.88 Å². The first-order chi connectivity index (χ1) is 9.49. The van der Waals surface area contributed by atoms with E-state index in [0.29, 0.717) is 12.4 Å². The van der Waals surface area contributed by atoms with E-state index in [1.54, 1.807) is 25.1 Å². The van der Waals surface area contributed by atoms with E-state index in [9.17, 15) is 14.9 Å². The first kappa shape index (κ1) is 14.2. The molecule has 1 aliphatic rings. The van der Waals surface area contributed by atoms with Crippen LogP contribution in [0.15, 0.2) is 18.3 Å². The second-order valence-electron chi connectivity index (χ2n) is 5.15. The summed E-state index contributed by atoms with van der Waals surface area (Å²) in [5.74, 6) is 0.777. The number of nitrogens with zero attached hydrogens (tertiary/aromatic N) is 4. The van der Waals surface area contributed by atoms with Gasteiger partial charge in [-0.25, -0.2) is 4.98 Å². The fraction of sp³-hybridized carbons (Fsp3) is 0.538. The molecule has 1 aromatic heterocycles. The zero-order chi connectivity index (χ0) is 14.7. The van der Waals surface area contributed by atoms with Crippen molar-refractivity contribution in [3.63, 3.8) is 0 Å². The average molecular weight is 278 g/mol. The van der Waals surface area contributed by atoms with Gasteiger partial charge in [-0.3, -0.25) is 14.9 Å². The van der Waals surface area contributed by atoms with E-state index in [0.717, 1.165) is 19.4 Å². The number of pyridine rings is 1. The third-order valence-electron chi connectivity index (χ3n) is 3.48. The topological polar surface area (TPSA) is 79.6 Å². The Labute approximate surface area is 117 Å². The number of rotatable bonds is 3. The van der Waals surface area contributed by atoms with E-state index in [2.05, 4.69) is 4.98 Å². The molecule has 0 saturated carbocycles. The van der Waals surface area contributed by atoms with E-state index in [-0.39, 0.29) is 17.5 Å². The molecule has 20 heavy (non-hydrogen) atoms. The molecular formula is C13H18N4O3. The van der Waals surface area contributed by atoms with Crippen LogP contribution in [0.5, 0.6) is 0 Å². The van der Waals surface area contributed by atoms with Crippen molar-refractivity contribution >= 4 is 17.4 Å². The molecule has 2 rings (SSSR count). The molecule has 0 radical (unpaired) electrons. The van der Waals surface area contributed by atoms with Gasteiger partial charge in [0.1, 0.15) is 12.0 Å². The molecule has 1 aromatic rings. The number of amides is 1. The molecule has 0 bridgehead atoms. The van der Waals surface area contributed by atoms with Crippen LogP contribution in [0.4, 0.5) is 11.5 Å². The third-order valence-corrected chi connectivity index (χ3v) is 3.48. The minimum absolute atomic E-state index is 0.0216. The molecular weight excluding hydrogens is 260 g/mol. The van der Waals surface area contributed by atoms with Crippen molar-refractivity contribution in [3.8, 4) is 0 Å². The molecule has 1 aliphatic heterocycles. The van der Waals surface area contributed by atoms with E-state index in [4.69, 9.17) is 0 Å². The van der Waals surface area contributed by atoms with Crippen molar-refractivity contribution in [1.29, 1.82) is 0 Å². The highest BCUT2D eigenvalue weighted by Gasteiger charge is 2.27. The van der Waals surface area contributed by atoms with E-state index in [1.807, 2.05) is 4.90 Å². The normalized spacial score (nSPS) is 18.7. The molecule has 1 fully saturated rings. The van der Waals surface area contributed by atoms with Crippen molar-refractivity contribution in [2.75, 3.05) is 32.1 Å². The fourth-order valence-electron chi connectivity index (χ4n) is 2.43. The molecule has 1 amide bonds. The Morgan fingerprint density at radius 1 is 1.50 bits per heavy atom. The highest BCUT2D eigenvalue weighted by molar-refractivity contribution is 5.79. The van der Waals surface area contributed by atoms with Gasteiger partial charge in [-0.1, -0.05) is 0 Å². The summed E-state index contributed by atoms with van der Waals surface area (Å²) in [6.07, 6.45) is 3.05. The molecule has 0 aromatic carbocycles. The van der Waals surface area contributed by atoms with Crippen molar-refractivity contribution in [2.24, 2.45) is 5.92 Å². The maximum absolute atomic E-state index is 12.0. The number of hydrogen-bond donors (Lipinski definition) is 0. The maximum atomic E-state index is 12.0. The molecule has 108 valence electrons. The van der Waals surface area contributed by atoms with Crippen LogP contribution in [0.1, 0.15) is 12.8 Å². The summed E-state index contributed by atoms with van der Waals surface area (Å²) in [4.78, 5) is 29.9. The Balaban J connectivity index is 2.08. The zero-order valence-electron chi connectivity index (χ0n) is 11.7. The van der Waals surface area contributed by atoms with Gasteiger partial charge in [0.25, 0.3) is 5.69 Å². The van der Waals surface area contributed by atoms with Crippen LogP contribution >= 0.6 is 0 Å². The Morgan fingerprint density at radius 2 is 2.25 bits per heavy atom. The van der Waals surface area contributed by atoms with E-state index in [1.165, 1.54) is 12.3 Å². The first-order valence-electron chi connectivity index (χ1n) is 6.55. The number of nitro groups is 1. The van der Waals surface area contributed by atoms with Crippen LogP contribution in [0.3, 0.4) is 0 Å². The van der Waals surface area contributed by atoms with Crippen molar-refractivity contribution in [2.45, 2.75) is 12.8 Å². The fourth-order valence-corrected chi connectivity index (χ4v) is 2.43. The largest absolute Gasteiger partial charge is 0.356 e. The predicted octanol–water partition coefficient (Wildman–Crippen LogP) is 1.29. The number of hydrogen-bond acceptors (Lipinski definition) is 5. The standard InChI is InChI=1S/C13H18N4O3/c1-15(2)13(18)10-4-3-7-16(9-10)12-6-5-11(8-14-12)17(19)20/h5-6,8,10H,3-4,7,9H2,1-2H3. The Hall–Kier alpha value is -2.18. The van der Waals surface area contributed by atoms with Gasteiger partial charge in [-0.05, 0) is 18.9 Å². The van der Waals surface area contributed by atoms with Crippen molar-refractivity contribution in [3.05, 3.63) is 28.4 Å². The molecule has 0 aliphatic carbocycles. The smallest absolute Gasteiger partial charge is 0.287 e. The molecule has 0 spiro atoms. The maximum Gasteiger partial charge on any atom is 0.287 e. The number of piperidine rings is 1. The molecule has 0 N–H and O–H groups in total. The van der Waals surface area contributed by atoms with Crippen LogP contribution in [-0.2, 0) is 4.79 Å². The molecule has 7 nitrogen and oxygen atoms in total. The minimum atomic E-state index is -0.467. The number of aromatic nitrogens is 1. The monoisotopic (exact) mass is 278 g/mol. The van der Waals surface area contributed by atoms with Crippen LogP contribution in [-0.4, -0.2) is 47.9 Å². The first-order valence-corrected chi connectivity index (χ1v) is 6.55. The third kappa shape index (κ3) is 3.04. The van der Waals surface area contributed by atoms with E-state index < -0.39 is 4.92 Å². The Kier molecular flexibility index (Phi) is 4.16. The van der Waals surface area contributed by atoms with Gasteiger partial charge in [-0.2, -0.15) is 0 Å². The second-order valence-corrected chi connectivity index (χ2v) is 5.15. The van der Waals surface area contributed by atoms with Gasteiger partial charge in [0.15, 0.2) is 0 Å². The molecule has 2 heterocycles. The molecule has 1 saturated heterocycles. The molecule has 7 heteroatoms.